The van der Waals surface area contributed by atoms with Crippen molar-refractivity contribution in [3.05, 3.63) is 59.7 Å². The summed E-state index contributed by atoms with van der Waals surface area (Å²) in [5, 5.41) is 14.6. The zero-order valence-corrected chi connectivity index (χ0v) is 19.4. The fourth-order valence-electron chi connectivity index (χ4n) is 5.46. The van der Waals surface area contributed by atoms with Gasteiger partial charge >= 0.3 is 12.1 Å². The topological polar surface area (TPSA) is 114 Å². The largest absolute Gasteiger partial charge is 0.481 e. The molecule has 2 atom stereocenters. The molecule has 2 aliphatic carbocycles. The van der Waals surface area contributed by atoms with E-state index in [4.69, 9.17) is 14.6 Å². The molecule has 1 aliphatic heterocycles. The number of hydrogen-bond donors (Lipinski definition) is 3. The molecule has 3 N–H and O–H groups in total. The number of alkyl carbamates (subject to hydrolysis) is 1. The van der Waals surface area contributed by atoms with Gasteiger partial charge in [-0.25, -0.2) is 4.79 Å². The maximum atomic E-state index is 12.5. The van der Waals surface area contributed by atoms with Crippen molar-refractivity contribution in [1.82, 2.24) is 10.6 Å². The summed E-state index contributed by atoms with van der Waals surface area (Å²) in [6, 6.07) is 16.4. The van der Waals surface area contributed by atoms with Crippen molar-refractivity contribution in [3.8, 4) is 11.1 Å². The van der Waals surface area contributed by atoms with E-state index >= 15 is 0 Å². The zero-order valence-electron chi connectivity index (χ0n) is 19.4. The predicted octanol–water partition coefficient (Wildman–Crippen LogP) is 3.30. The molecule has 1 saturated heterocycles. The second-order valence-corrected chi connectivity index (χ2v) is 9.74. The average Bonchev–Trinajstić information content (AvgIpc) is 3.43. The monoisotopic (exact) mass is 478 g/mol. The van der Waals surface area contributed by atoms with Crippen LogP contribution in [0.1, 0.15) is 42.7 Å². The molecule has 35 heavy (non-hydrogen) atoms. The summed E-state index contributed by atoms with van der Waals surface area (Å²) in [5.41, 5.74) is 4.69. The summed E-state index contributed by atoms with van der Waals surface area (Å²) in [6.45, 7) is 0.847. The molecular formula is C27H30N2O6. The minimum atomic E-state index is -0.796. The lowest BCUT2D eigenvalue weighted by Crippen LogP contribution is -2.47. The molecule has 3 aliphatic rings. The van der Waals surface area contributed by atoms with Crippen LogP contribution < -0.4 is 10.6 Å². The van der Waals surface area contributed by atoms with E-state index in [0.717, 1.165) is 11.1 Å². The molecular weight excluding hydrogens is 448 g/mol. The van der Waals surface area contributed by atoms with E-state index in [9.17, 15) is 14.4 Å². The Labute approximate surface area is 204 Å². The Morgan fingerprint density at radius 3 is 2.29 bits per heavy atom. The molecule has 184 valence electrons. The predicted molar refractivity (Wildman–Crippen MR) is 128 cm³/mol. The Morgan fingerprint density at radius 2 is 1.63 bits per heavy atom. The van der Waals surface area contributed by atoms with Gasteiger partial charge in [-0.2, -0.15) is 0 Å². The molecule has 0 aromatic heterocycles. The molecule has 0 spiro atoms. The van der Waals surface area contributed by atoms with E-state index in [1.807, 2.05) is 24.3 Å². The van der Waals surface area contributed by atoms with Gasteiger partial charge in [0.05, 0.1) is 18.6 Å². The van der Waals surface area contributed by atoms with Crippen LogP contribution in [0.5, 0.6) is 0 Å². The Kier molecular flexibility index (Phi) is 6.72. The summed E-state index contributed by atoms with van der Waals surface area (Å²) < 4.78 is 11.3. The van der Waals surface area contributed by atoms with Gasteiger partial charge in [0.15, 0.2) is 0 Å². The minimum Gasteiger partial charge on any atom is -0.481 e. The molecule has 2 fully saturated rings. The molecule has 2 amide bonds. The van der Waals surface area contributed by atoms with Gasteiger partial charge in [0.2, 0.25) is 5.91 Å². The van der Waals surface area contributed by atoms with Crippen LogP contribution in [0.15, 0.2) is 48.5 Å². The number of carbonyl (C=O) groups is 3. The maximum Gasteiger partial charge on any atom is 0.407 e. The third-order valence-electron chi connectivity index (χ3n) is 7.31. The molecule has 1 saturated carbocycles. The van der Waals surface area contributed by atoms with Gasteiger partial charge in [-0.1, -0.05) is 48.5 Å². The Bertz CT molecular complexity index is 1070. The summed E-state index contributed by atoms with van der Waals surface area (Å²) in [4.78, 5) is 35.6. The maximum absolute atomic E-state index is 12.5. The Balaban J connectivity index is 1.04. The van der Waals surface area contributed by atoms with Crippen LogP contribution in [0.25, 0.3) is 11.1 Å². The lowest BCUT2D eigenvalue weighted by atomic mass is 9.78. The van der Waals surface area contributed by atoms with Crippen molar-refractivity contribution in [1.29, 1.82) is 0 Å². The van der Waals surface area contributed by atoms with Gasteiger partial charge < -0.3 is 25.2 Å². The van der Waals surface area contributed by atoms with Crippen molar-refractivity contribution in [2.75, 3.05) is 19.8 Å². The fourth-order valence-corrected chi connectivity index (χ4v) is 5.46. The van der Waals surface area contributed by atoms with Crippen LogP contribution in [0.2, 0.25) is 0 Å². The minimum absolute atomic E-state index is 0.00515. The number of carboxylic acid groups (broad SMARTS) is 1. The van der Waals surface area contributed by atoms with Gasteiger partial charge in [-0.05, 0) is 47.4 Å². The number of fused-ring (bicyclic) bond motifs is 3. The lowest BCUT2D eigenvalue weighted by Gasteiger charge is -2.35. The fraction of sp³-hybridized carbons (Fsp3) is 0.444. The van der Waals surface area contributed by atoms with E-state index in [0.29, 0.717) is 25.9 Å². The van der Waals surface area contributed by atoms with E-state index < -0.39 is 12.1 Å². The van der Waals surface area contributed by atoms with Gasteiger partial charge in [-0.15, -0.1) is 0 Å². The first-order chi connectivity index (χ1) is 17.0. The van der Waals surface area contributed by atoms with Crippen molar-refractivity contribution in [3.63, 3.8) is 0 Å². The molecule has 2 aromatic carbocycles. The number of aliphatic carboxylic acids is 1. The molecule has 0 radical (unpaired) electrons. The van der Waals surface area contributed by atoms with Crippen LogP contribution in [0.3, 0.4) is 0 Å². The van der Waals surface area contributed by atoms with Crippen molar-refractivity contribution < 1.29 is 29.0 Å². The molecule has 2 aromatic rings. The molecule has 8 nitrogen and oxygen atoms in total. The number of benzene rings is 2. The van der Waals surface area contributed by atoms with E-state index in [1.54, 1.807) is 0 Å². The van der Waals surface area contributed by atoms with Gasteiger partial charge in [0.1, 0.15) is 6.61 Å². The van der Waals surface area contributed by atoms with Crippen LogP contribution in [-0.2, 0) is 19.1 Å². The molecule has 5 rings (SSSR count). The van der Waals surface area contributed by atoms with Crippen molar-refractivity contribution in [2.45, 2.75) is 43.7 Å². The van der Waals surface area contributed by atoms with E-state index in [1.165, 1.54) is 11.1 Å². The quantitative estimate of drug-likeness (QED) is 0.537. The van der Waals surface area contributed by atoms with Crippen LogP contribution in [0, 0.1) is 11.8 Å². The average molecular weight is 479 g/mol. The van der Waals surface area contributed by atoms with Gasteiger partial charge in [-0.3, -0.25) is 9.59 Å². The Morgan fingerprint density at radius 1 is 0.971 bits per heavy atom. The summed E-state index contributed by atoms with van der Waals surface area (Å²) in [5.74, 6) is -0.969. The highest BCUT2D eigenvalue weighted by atomic mass is 16.5. The summed E-state index contributed by atoms with van der Waals surface area (Å²) in [6.07, 6.45) is 1.36. The first-order valence-corrected chi connectivity index (χ1v) is 12.2. The molecule has 2 unspecified atom stereocenters. The highest BCUT2D eigenvalue weighted by Crippen LogP contribution is 2.44. The highest BCUT2D eigenvalue weighted by molar-refractivity contribution is 5.80. The molecule has 0 bridgehead atoms. The molecule has 8 heteroatoms. The standard InChI is InChI=1S/C27H30N2O6/c30-25(31)11-16-9-18(10-16)29-26(32)17-12-19(34-14-17)13-28-27(33)35-15-24-22-7-3-1-5-20(22)21-6-2-4-8-23(21)24/h1-8,16-19,24H,9-15H2,(H,28,33)(H,29,32)(H,30,31). The second kappa shape index (κ2) is 10.1. The SMILES string of the molecule is O=C(O)CC1CC(NC(=O)C2COC(CNC(=O)OCC3c4ccccc4-c4ccccc43)C2)C1. The highest BCUT2D eigenvalue weighted by Gasteiger charge is 2.36. The first-order valence-electron chi connectivity index (χ1n) is 12.2. The number of ether oxygens (including phenoxy) is 2. The summed E-state index contributed by atoms with van der Waals surface area (Å²) >= 11 is 0. The molecule has 1 heterocycles. The number of nitrogens with one attached hydrogen (secondary N) is 2. The number of carbonyl (C=O) groups excluding carboxylic acids is 2. The van der Waals surface area contributed by atoms with Crippen LogP contribution >= 0.6 is 0 Å². The van der Waals surface area contributed by atoms with Gasteiger partial charge in [0, 0.05) is 24.9 Å². The summed E-state index contributed by atoms with van der Waals surface area (Å²) in [7, 11) is 0. The van der Waals surface area contributed by atoms with Gasteiger partial charge in [0.25, 0.3) is 0 Å². The van der Waals surface area contributed by atoms with Crippen LogP contribution in [-0.4, -0.2) is 55.0 Å². The van der Waals surface area contributed by atoms with E-state index in [2.05, 4.69) is 34.9 Å². The second-order valence-electron chi connectivity index (χ2n) is 9.74. The van der Waals surface area contributed by atoms with E-state index in [-0.39, 0.29) is 55.4 Å². The third kappa shape index (κ3) is 5.17. The zero-order chi connectivity index (χ0) is 24.4. The Hall–Kier alpha value is -3.39. The normalized spacial score (nSPS) is 24.7. The van der Waals surface area contributed by atoms with Crippen molar-refractivity contribution in [2.24, 2.45) is 11.8 Å². The smallest absolute Gasteiger partial charge is 0.407 e. The third-order valence-corrected chi connectivity index (χ3v) is 7.31. The lowest BCUT2D eigenvalue weighted by molar-refractivity contribution is -0.139. The van der Waals surface area contributed by atoms with Crippen molar-refractivity contribution >= 4 is 18.0 Å². The number of amides is 2. The number of hydrogen-bond acceptors (Lipinski definition) is 5. The number of carboxylic acids is 1. The number of rotatable bonds is 8. The first kappa shape index (κ1) is 23.4. The van der Waals surface area contributed by atoms with Crippen LogP contribution in [0.4, 0.5) is 4.79 Å².